The number of likely N-dealkylation sites (tertiary alicyclic amines) is 1. The topological polar surface area (TPSA) is 40.5 Å². The lowest BCUT2D eigenvalue weighted by Crippen LogP contribution is -2.53. The molecule has 0 amide bonds. The van der Waals surface area contributed by atoms with Crippen LogP contribution in [0.3, 0.4) is 0 Å². The molecule has 39 heavy (non-hydrogen) atoms. The zero-order chi connectivity index (χ0) is 27.7. The molecule has 0 unspecified atom stereocenters. The fraction of sp³-hybridized carbons (Fsp3) is 0.344. The number of nitrogens with zero attached hydrogens (tertiary/aromatic N) is 1. The lowest BCUT2D eigenvalue weighted by molar-refractivity contribution is -0.124. The summed E-state index contributed by atoms with van der Waals surface area (Å²) in [7, 11) is 0. The van der Waals surface area contributed by atoms with Gasteiger partial charge in [-0.3, -0.25) is 4.39 Å². The molecule has 0 bridgehead atoms. The number of carbonyl (C=O) groups is 1. The smallest absolute Gasteiger partial charge is 0.335 e. The Balaban J connectivity index is 1.57. The maximum Gasteiger partial charge on any atom is 0.335 e. The van der Waals surface area contributed by atoms with Crippen LogP contribution in [-0.2, 0) is 12.3 Å². The third kappa shape index (κ3) is 5.24. The average molecular weight is 538 g/mol. The Hall–Kier alpha value is -3.45. The van der Waals surface area contributed by atoms with E-state index in [9.17, 15) is 18.7 Å². The summed E-state index contributed by atoms with van der Waals surface area (Å²) in [6.07, 6.45) is 2.37. The number of alkyl halides is 3. The van der Waals surface area contributed by atoms with Gasteiger partial charge >= 0.3 is 5.97 Å². The summed E-state index contributed by atoms with van der Waals surface area (Å²) in [5.74, 6) is -5.17. The van der Waals surface area contributed by atoms with E-state index < -0.39 is 24.5 Å². The van der Waals surface area contributed by atoms with E-state index in [4.69, 9.17) is 0 Å². The first-order valence-electron chi connectivity index (χ1n) is 13.3. The number of carboxylic acid groups (broad SMARTS) is 1. The largest absolute Gasteiger partial charge is 0.478 e. The maximum atomic E-state index is 15.3. The average Bonchev–Trinajstić information content (AvgIpc) is 3.08. The van der Waals surface area contributed by atoms with E-state index in [1.54, 1.807) is 43.3 Å². The summed E-state index contributed by atoms with van der Waals surface area (Å²) < 4.78 is 57.7. The predicted octanol–water partition coefficient (Wildman–Crippen LogP) is 7.51. The molecule has 1 N–H and O–H groups in total. The molecule has 1 fully saturated rings. The second-order valence-electron chi connectivity index (χ2n) is 10.5. The summed E-state index contributed by atoms with van der Waals surface area (Å²) in [4.78, 5) is 13.5. The van der Waals surface area contributed by atoms with Gasteiger partial charge in [-0.15, -0.1) is 0 Å². The molecule has 1 aliphatic carbocycles. The molecule has 7 heteroatoms. The van der Waals surface area contributed by atoms with Gasteiger partial charge in [0.05, 0.1) is 18.2 Å². The first-order valence-corrected chi connectivity index (χ1v) is 13.3. The highest BCUT2D eigenvalue weighted by Gasteiger charge is 2.47. The molecule has 0 saturated carbocycles. The van der Waals surface area contributed by atoms with E-state index in [0.717, 1.165) is 39.8 Å². The van der Waals surface area contributed by atoms with Crippen LogP contribution in [0.25, 0.3) is 11.1 Å². The third-order valence-electron chi connectivity index (χ3n) is 8.03. The Kier molecular flexibility index (Phi) is 7.63. The molecule has 0 spiro atoms. The van der Waals surface area contributed by atoms with Gasteiger partial charge in [0.1, 0.15) is 5.82 Å². The number of carboxylic acids is 1. The van der Waals surface area contributed by atoms with Crippen molar-refractivity contribution in [2.75, 3.05) is 26.3 Å². The molecule has 3 aromatic carbocycles. The molecule has 1 heterocycles. The Bertz CT molecular complexity index is 1410. The molecule has 0 radical (unpaired) electrons. The van der Waals surface area contributed by atoms with E-state index in [1.165, 1.54) is 18.2 Å². The van der Waals surface area contributed by atoms with E-state index in [2.05, 4.69) is 0 Å². The summed E-state index contributed by atoms with van der Waals surface area (Å²) in [5, 5.41) is 9.53. The van der Waals surface area contributed by atoms with Crippen molar-refractivity contribution in [3.63, 3.8) is 0 Å². The van der Waals surface area contributed by atoms with E-state index >= 15 is 8.78 Å². The maximum absolute atomic E-state index is 15.3. The van der Waals surface area contributed by atoms with Crippen molar-refractivity contribution >= 4 is 17.1 Å². The first-order chi connectivity index (χ1) is 18.7. The Morgan fingerprint density at radius 3 is 2.46 bits per heavy atom. The summed E-state index contributed by atoms with van der Waals surface area (Å²) >= 11 is 0. The van der Waals surface area contributed by atoms with Gasteiger partial charge in [-0.1, -0.05) is 42.5 Å². The summed E-state index contributed by atoms with van der Waals surface area (Å²) in [6, 6.07) is 16.2. The standard InChI is InChI=1S/C32H31F4NO2/c1-20-26(6-3-8-29(20)34)28-7-2-5-22-17-23(31(38)39)11-14-27(22)30(28)21-9-12-24(13-10-21)32(35,36)25-18-37(19-25)16-4-15-33/h3,6,8-14,17,25H,2,4-5,7,15-16,18-19H2,1H3,(H,38,39). The van der Waals surface area contributed by atoms with Crippen molar-refractivity contribution in [3.8, 4) is 0 Å². The van der Waals surface area contributed by atoms with Gasteiger partial charge < -0.3 is 10.0 Å². The summed E-state index contributed by atoms with van der Waals surface area (Å²) in [6.45, 7) is 2.24. The zero-order valence-electron chi connectivity index (χ0n) is 21.8. The lowest BCUT2D eigenvalue weighted by Gasteiger charge is -2.43. The van der Waals surface area contributed by atoms with Crippen LogP contribution in [0.1, 0.15) is 63.0 Å². The fourth-order valence-corrected chi connectivity index (χ4v) is 5.81. The molecule has 5 rings (SSSR count). The Morgan fingerprint density at radius 1 is 1.03 bits per heavy atom. The molecular formula is C32H31F4NO2. The molecule has 204 valence electrons. The van der Waals surface area contributed by atoms with E-state index in [0.29, 0.717) is 31.4 Å². The highest BCUT2D eigenvalue weighted by molar-refractivity contribution is 6.01. The SMILES string of the molecule is Cc1c(F)cccc1C1=C(c2ccc(C(F)(F)C3CN(CCCF)C3)cc2)c2ccc(C(=O)O)cc2CCC1. The van der Waals surface area contributed by atoms with Crippen LogP contribution in [0.15, 0.2) is 60.7 Å². The van der Waals surface area contributed by atoms with Crippen LogP contribution in [0, 0.1) is 18.7 Å². The number of halogens is 4. The Morgan fingerprint density at radius 2 is 1.77 bits per heavy atom. The second kappa shape index (κ2) is 11.0. The minimum atomic E-state index is -3.02. The number of aromatic carboxylic acids is 1. The molecular weight excluding hydrogens is 506 g/mol. The van der Waals surface area contributed by atoms with Gasteiger partial charge in [0.2, 0.25) is 0 Å². The molecule has 3 nitrogen and oxygen atoms in total. The van der Waals surface area contributed by atoms with Crippen LogP contribution < -0.4 is 0 Å². The number of hydrogen-bond donors (Lipinski definition) is 1. The van der Waals surface area contributed by atoms with Crippen LogP contribution in [0.5, 0.6) is 0 Å². The molecule has 2 aliphatic rings. The van der Waals surface area contributed by atoms with Crippen molar-refractivity contribution in [2.45, 2.75) is 38.5 Å². The van der Waals surface area contributed by atoms with E-state index in [1.807, 2.05) is 11.0 Å². The summed E-state index contributed by atoms with van der Waals surface area (Å²) in [5.41, 5.74) is 5.54. The molecule has 1 aliphatic heterocycles. The zero-order valence-corrected chi connectivity index (χ0v) is 21.8. The number of aryl methyl sites for hydroxylation is 1. The quantitative estimate of drug-likeness (QED) is 0.302. The van der Waals surface area contributed by atoms with Gasteiger partial charge in [-0.05, 0) is 89.8 Å². The normalized spacial score (nSPS) is 16.5. The number of allylic oxidation sites excluding steroid dienone is 1. The third-order valence-corrected chi connectivity index (χ3v) is 8.03. The number of hydrogen-bond acceptors (Lipinski definition) is 2. The monoisotopic (exact) mass is 537 g/mol. The number of benzene rings is 3. The number of rotatable bonds is 8. The minimum Gasteiger partial charge on any atom is -0.478 e. The molecule has 3 aromatic rings. The van der Waals surface area contributed by atoms with Gasteiger partial charge in [0.25, 0.3) is 5.92 Å². The van der Waals surface area contributed by atoms with Gasteiger partial charge in [0.15, 0.2) is 0 Å². The van der Waals surface area contributed by atoms with Crippen molar-refractivity contribution in [1.29, 1.82) is 0 Å². The predicted molar refractivity (Wildman–Crippen MR) is 144 cm³/mol. The van der Waals surface area contributed by atoms with Gasteiger partial charge in [-0.2, -0.15) is 0 Å². The lowest BCUT2D eigenvalue weighted by atomic mass is 9.84. The van der Waals surface area contributed by atoms with Crippen molar-refractivity contribution in [2.24, 2.45) is 5.92 Å². The minimum absolute atomic E-state index is 0.0689. The highest BCUT2D eigenvalue weighted by Crippen LogP contribution is 2.44. The second-order valence-corrected chi connectivity index (χ2v) is 10.5. The van der Waals surface area contributed by atoms with Gasteiger partial charge in [0, 0.05) is 25.2 Å². The molecule has 1 saturated heterocycles. The van der Waals surface area contributed by atoms with Crippen molar-refractivity contribution in [3.05, 3.63) is 105 Å². The van der Waals surface area contributed by atoms with Crippen LogP contribution in [0.4, 0.5) is 17.6 Å². The molecule has 0 atom stereocenters. The Labute approximate surface area is 225 Å². The van der Waals surface area contributed by atoms with Gasteiger partial charge in [-0.25, -0.2) is 18.0 Å². The number of fused-ring (bicyclic) bond motifs is 1. The fourth-order valence-electron chi connectivity index (χ4n) is 5.81. The van der Waals surface area contributed by atoms with Crippen LogP contribution >= 0.6 is 0 Å². The van der Waals surface area contributed by atoms with Crippen LogP contribution in [0.2, 0.25) is 0 Å². The van der Waals surface area contributed by atoms with Crippen molar-refractivity contribution < 1.29 is 27.5 Å². The van der Waals surface area contributed by atoms with Crippen LogP contribution in [-0.4, -0.2) is 42.3 Å². The van der Waals surface area contributed by atoms with E-state index in [-0.39, 0.29) is 30.0 Å². The van der Waals surface area contributed by atoms with Crippen molar-refractivity contribution in [1.82, 2.24) is 4.90 Å². The molecule has 0 aromatic heterocycles. The highest BCUT2D eigenvalue weighted by atomic mass is 19.3. The first kappa shape index (κ1) is 27.1.